The van der Waals surface area contributed by atoms with E-state index in [9.17, 15) is 9.59 Å². The Morgan fingerprint density at radius 3 is 2.63 bits per heavy atom. The van der Waals surface area contributed by atoms with Crippen LogP contribution in [0.15, 0.2) is 53.3 Å². The molecule has 0 saturated heterocycles. The molecule has 0 radical (unpaired) electrons. The molecule has 3 aromatic rings. The van der Waals surface area contributed by atoms with E-state index in [1.54, 1.807) is 18.2 Å². The molecule has 1 heterocycles. The summed E-state index contributed by atoms with van der Waals surface area (Å²) in [6.07, 6.45) is 4.04. The number of rotatable bonds is 8. The van der Waals surface area contributed by atoms with Crippen LogP contribution in [0.1, 0.15) is 48.5 Å². The largest absolute Gasteiger partial charge is 0.352 e. The first kappa shape index (κ1) is 21.2. The minimum atomic E-state index is -0.582. The first-order valence-electron chi connectivity index (χ1n) is 10.2. The molecular formula is C23H27N5O2. The van der Waals surface area contributed by atoms with Crippen LogP contribution < -0.4 is 16.4 Å². The third-order valence-electron chi connectivity index (χ3n) is 4.96. The number of fused-ring (bicyclic) bond motifs is 1. The van der Waals surface area contributed by atoms with Crippen molar-refractivity contribution in [3.8, 4) is 0 Å². The number of carbonyl (C=O) groups is 1. The number of H-pyrrole nitrogens is 1. The molecule has 1 aromatic heterocycles. The van der Waals surface area contributed by atoms with Crippen LogP contribution in [0.25, 0.3) is 11.0 Å². The lowest BCUT2D eigenvalue weighted by Gasteiger charge is -2.12. The van der Waals surface area contributed by atoms with Crippen LogP contribution in [0.5, 0.6) is 0 Å². The number of carbonyl (C=O) groups excluding carboxylic acids is 1. The Labute approximate surface area is 174 Å². The van der Waals surface area contributed by atoms with Crippen molar-refractivity contribution in [1.82, 2.24) is 14.9 Å². The first-order valence-corrected chi connectivity index (χ1v) is 10.2. The lowest BCUT2D eigenvalue weighted by molar-refractivity contribution is 0.0953. The molecule has 3 rings (SSSR count). The highest BCUT2D eigenvalue weighted by atomic mass is 16.1. The van der Waals surface area contributed by atoms with E-state index >= 15 is 0 Å². The molecule has 0 aliphatic heterocycles. The van der Waals surface area contributed by atoms with Gasteiger partial charge >= 0.3 is 0 Å². The summed E-state index contributed by atoms with van der Waals surface area (Å²) in [6, 6.07) is 15.2. The molecule has 0 aliphatic carbocycles. The molecule has 0 bridgehead atoms. The average Bonchev–Trinajstić information content (AvgIpc) is 2.74. The van der Waals surface area contributed by atoms with Crippen molar-refractivity contribution >= 4 is 22.8 Å². The van der Waals surface area contributed by atoms with Crippen LogP contribution in [0, 0.1) is 10.8 Å². The van der Waals surface area contributed by atoms with Crippen LogP contribution in [-0.4, -0.2) is 27.8 Å². The van der Waals surface area contributed by atoms with E-state index in [0.29, 0.717) is 29.6 Å². The van der Waals surface area contributed by atoms with Gasteiger partial charge in [0.1, 0.15) is 5.84 Å². The fraction of sp³-hybridized carbons (Fsp3) is 0.304. The molecular weight excluding hydrogens is 378 g/mol. The summed E-state index contributed by atoms with van der Waals surface area (Å²) in [5.41, 5.74) is 1.84. The number of nitrogens with zero attached hydrogens (tertiary/aromatic N) is 1. The SMILES string of the molecule is CCCC(=N)n1c(=N)c(=O)[nH]c2cc(C(=O)NCCCCc3ccccc3)ccc21. The van der Waals surface area contributed by atoms with Crippen LogP contribution in [0.2, 0.25) is 0 Å². The first-order chi connectivity index (χ1) is 14.5. The molecule has 0 fully saturated rings. The van der Waals surface area contributed by atoms with Gasteiger partial charge in [0.2, 0.25) is 0 Å². The molecule has 7 heteroatoms. The molecule has 7 nitrogen and oxygen atoms in total. The summed E-state index contributed by atoms with van der Waals surface area (Å²) < 4.78 is 1.34. The number of hydrogen-bond donors (Lipinski definition) is 4. The van der Waals surface area contributed by atoms with Crippen molar-refractivity contribution in [3.63, 3.8) is 0 Å². The van der Waals surface area contributed by atoms with E-state index in [2.05, 4.69) is 22.4 Å². The van der Waals surface area contributed by atoms with Crippen LogP contribution >= 0.6 is 0 Å². The Kier molecular flexibility index (Phi) is 6.95. The van der Waals surface area contributed by atoms with E-state index in [4.69, 9.17) is 10.8 Å². The van der Waals surface area contributed by atoms with Gasteiger partial charge in [0.25, 0.3) is 11.5 Å². The summed E-state index contributed by atoms with van der Waals surface area (Å²) in [5, 5.41) is 19.1. The van der Waals surface area contributed by atoms with Gasteiger partial charge in [0.15, 0.2) is 5.49 Å². The van der Waals surface area contributed by atoms with Crippen LogP contribution in [0.3, 0.4) is 0 Å². The highest BCUT2D eigenvalue weighted by molar-refractivity contribution is 5.98. The van der Waals surface area contributed by atoms with Crippen LogP contribution in [-0.2, 0) is 6.42 Å². The summed E-state index contributed by atoms with van der Waals surface area (Å²) in [5.74, 6) is -0.0168. The number of benzene rings is 2. The second-order valence-corrected chi connectivity index (χ2v) is 7.27. The summed E-state index contributed by atoms with van der Waals surface area (Å²) in [4.78, 5) is 27.3. The molecule has 0 unspecified atom stereocenters. The molecule has 0 saturated carbocycles. The molecule has 30 heavy (non-hydrogen) atoms. The highest BCUT2D eigenvalue weighted by Crippen LogP contribution is 2.13. The van der Waals surface area contributed by atoms with Crippen molar-refractivity contribution in [3.05, 3.63) is 75.5 Å². The predicted molar refractivity (Wildman–Crippen MR) is 118 cm³/mol. The molecule has 2 aromatic carbocycles. The normalized spacial score (nSPS) is 10.8. The molecule has 1 amide bonds. The maximum Gasteiger partial charge on any atom is 0.291 e. The van der Waals surface area contributed by atoms with E-state index in [0.717, 1.165) is 25.7 Å². The van der Waals surface area contributed by atoms with E-state index in [1.165, 1.54) is 10.1 Å². The van der Waals surface area contributed by atoms with Gasteiger partial charge in [0.05, 0.1) is 11.0 Å². The zero-order valence-corrected chi connectivity index (χ0v) is 17.1. The lowest BCUT2D eigenvalue weighted by Crippen LogP contribution is -2.39. The summed E-state index contributed by atoms with van der Waals surface area (Å²) in [7, 11) is 0. The molecule has 156 valence electrons. The number of nitrogens with one attached hydrogen (secondary N) is 4. The van der Waals surface area contributed by atoms with Crippen molar-refractivity contribution in [2.75, 3.05) is 6.54 Å². The summed E-state index contributed by atoms with van der Waals surface area (Å²) in [6.45, 7) is 2.52. The standard InChI is InChI=1S/C23H27N5O2/c1-2-8-20(24)28-19-13-12-17(15-18(19)27-23(30)21(28)25)22(29)26-14-7-6-11-16-9-4-3-5-10-16/h3-5,9-10,12-13,15,24-25H,2,6-8,11,14H2,1H3,(H,26,29)(H,27,30). The second kappa shape index (κ2) is 9.82. The van der Waals surface area contributed by atoms with Crippen molar-refractivity contribution in [1.29, 1.82) is 10.8 Å². The van der Waals surface area contributed by atoms with E-state index in [1.807, 2.05) is 25.1 Å². The molecule has 0 spiro atoms. The minimum absolute atomic E-state index is 0.189. The maximum atomic E-state index is 12.5. The van der Waals surface area contributed by atoms with E-state index < -0.39 is 5.56 Å². The monoisotopic (exact) mass is 405 g/mol. The predicted octanol–water partition coefficient (Wildman–Crippen LogP) is 3.19. The van der Waals surface area contributed by atoms with Crippen LogP contribution in [0.4, 0.5) is 0 Å². The highest BCUT2D eigenvalue weighted by Gasteiger charge is 2.12. The minimum Gasteiger partial charge on any atom is -0.352 e. The van der Waals surface area contributed by atoms with Gasteiger partial charge in [0, 0.05) is 18.5 Å². The lowest BCUT2D eigenvalue weighted by atomic mass is 10.1. The number of amides is 1. The van der Waals surface area contributed by atoms with Crippen molar-refractivity contribution in [2.45, 2.75) is 39.0 Å². The third-order valence-corrected chi connectivity index (χ3v) is 4.96. The maximum absolute atomic E-state index is 12.5. The van der Waals surface area contributed by atoms with Gasteiger partial charge in [-0.3, -0.25) is 25.0 Å². The zero-order valence-electron chi connectivity index (χ0n) is 17.1. The van der Waals surface area contributed by atoms with Gasteiger partial charge in [-0.2, -0.15) is 0 Å². The topological polar surface area (TPSA) is 115 Å². The Balaban J connectivity index is 1.68. The van der Waals surface area contributed by atoms with Crippen molar-refractivity contribution < 1.29 is 4.79 Å². The van der Waals surface area contributed by atoms with Gasteiger partial charge in [-0.15, -0.1) is 0 Å². The van der Waals surface area contributed by atoms with Gasteiger partial charge in [-0.1, -0.05) is 37.3 Å². The zero-order chi connectivity index (χ0) is 21.5. The fourth-order valence-electron chi connectivity index (χ4n) is 3.41. The smallest absolute Gasteiger partial charge is 0.291 e. The average molecular weight is 406 g/mol. The van der Waals surface area contributed by atoms with Gasteiger partial charge in [-0.05, 0) is 49.4 Å². The molecule has 4 N–H and O–H groups in total. The number of aromatic amines is 1. The Bertz CT molecular complexity index is 1160. The van der Waals surface area contributed by atoms with Gasteiger partial charge in [-0.25, -0.2) is 0 Å². The Morgan fingerprint density at radius 1 is 1.13 bits per heavy atom. The van der Waals surface area contributed by atoms with Crippen molar-refractivity contribution in [2.24, 2.45) is 0 Å². The third kappa shape index (κ3) is 4.92. The molecule has 0 atom stereocenters. The Morgan fingerprint density at radius 2 is 1.90 bits per heavy atom. The molecule has 0 aliphatic rings. The number of aromatic nitrogens is 2. The van der Waals surface area contributed by atoms with Gasteiger partial charge < -0.3 is 10.3 Å². The fourth-order valence-corrected chi connectivity index (χ4v) is 3.41. The summed E-state index contributed by atoms with van der Waals surface area (Å²) >= 11 is 0. The number of unbranched alkanes of at least 4 members (excludes halogenated alkanes) is 1. The Hall–Kier alpha value is -3.48. The second-order valence-electron chi connectivity index (χ2n) is 7.27. The number of aryl methyl sites for hydroxylation is 1. The quantitative estimate of drug-likeness (QED) is 0.262. The number of hydrogen-bond acceptors (Lipinski definition) is 4. The van der Waals surface area contributed by atoms with E-state index in [-0.39, 0.29) is 17.2 Å².